The molecule has 0 bridgehead atoms. The molecule has 4 heteroatoms. The van der Waals surface area contributed by atoms with Gasteiger partial charge in [-0.15, -0.1) is 0 Å². The van der Waals surface area contributed by atoms with Crippen LogP contribution in [0.5, 0.6) is 0 Å². The van der Waals surface area contributed by atoms with Crippen molar-refractivity contribution in [3.05, 3.63) is 0 Å². The van der Waals surface area contributed by atoms with Crippen molar-refractivity contribution in [3.8, 4) is 0 Å². The maximum atomic E-state index is 7.17. The predicted octanol–water partition coefficient (Wildman–Crippen LogP) is 6.07. The van der Waals surface area contributed by atoms with Gasteiger partial charge in [0.1, 0.15) is 0 Å². The van der Waals surface area contributed by atoms with E-state index in [1.807, 2.05) is 0 Å². The highest BCUT2D eigenvalue weighted by Crippen LogP contribution is 2.53. The van der Waals surface area contributed by atoms with Gasteiger partial charge in [-0.2, -0.15) is 22.2 Å². The third kappa shape index (κ3) is 2.55. The number of halogens is 2. The molecule has 0 fully saturated rings. The van der Waals surface area contributed by atoms with E-state index in [1.54, 1.807) is 0 Å². The molecule has 98 valence electrons. The van der Waals surface area contributed by atoms with Gasteiger partial charge in [-0.3, -0.25) is 0 Å². The Morgan fingerprint density at radius 2 is 0.625 bits per heavy atom. The maximum absolute atomic E-state index is 7.17. The molecule has 0 heterocycles. The van der Waals surface area contributed by atoms with Crippen LogP contribution in [0.4, 0.5) is 0 Å². The summed E-state index contributed by atoms with van der Waals surface area (Å²) in [6.07, 6.45) is 0. The first-order chi connectivity index (χ1) is 7.02. The van der Waals surface area contributed by atoms with E-state index in [0.717, 1.165) is 0 Å². The molecule has 0 unspecified atom stereocenters. The Labute approximate surface area is 113 Å². The van der Waals surface area contributed by atoms with E-state index in [1.165, 1.54) is 0 Å². The fraction of sp³-hybridized carbons (Fsp3) is 1.00. The third-order valence-electron chi connectivity index (χ3n) is 3.95. The minimum atomic E-state index is -1.91. The number of rotatable bonds is 5. The SMILES string of the molecule is CC(C)[Si](Cl)(C(C)C)[Si](Cl)(C(C)C)C(C)C. The van der Waals surface area contributed by atoms with Crippen molar-refractivity contribution in [1.82, 2.24) is 0 Å². The minimum absolute atomic E-state index is 0.558. The van der Waals surface area contributed by atoms with Crippen molar-refractivity contribution < 1.29 is 0 Å². The molecule has 0 aromatic heterocycles. The summed E-state index contributed by atoms with van der Waals surface area (Å²) in [5.74, 6) is 0. The van der Waals surface area contributed by atoms with Crippen molar-refractivity contribution in [3.63, 3.8) is 0 Å². The first-order valence-corrected chi connectivity index (χ1v) is 13.7. The Kier molecular flexibility index (Phi) is 6.13. The smallest absolute Gasteiger partial charge is 0.168 e. The molecule has 0 aromatic carbocycles. The summed E-state index contributed by atoms with van der Waals surface area (Å²) in [4.78, 5) is 0. The van der Waals surface area contributed by atoms with E-state index < -0.39 is 13.8 Å². The van der Waals surface area contributed by atoms with Gasteiger partial charge < -0.3 is 0 Å². The summed E-state index contributed by atoms with van der Waals surface area (Å²) < 4.78 is 0. The second-order valence-corrected chi connectivity index (χ2v) is 24.5. The Morgan fingerprint density at radius 1 is 0.500 bits per heavy atom. The van der Waals surface area contributed by atoms with E-state index in [4.69, 9.17) is 22.2 Å². The van der Waals surface area contributed by atoms with Crippen molar-refractivity contribution in [2.24, 2.45) is 0 Å². The van der Waals surface area contributed by atoms with Gasteiger partial charge in [0.2, 0.25) is 0 Å². The molecule has 0 aromatic rings. The van der Waals surface area contributed by atoms with Crippen LogP contribution in [0.15, 0.2) is 0 Å². The molecule has 16 heavy (non-hydrogen) atoms. The monoisotopic (exact) mass is 298 g/mol. The van der Waals surface area contributed by atoms with Crippen LogP contribution in [0.1, 0.15) is 55.4 Å². The molecule has 0 radical (unpaired) electrons. The molecule has 0 rings (SSSR count). The Bertz CT molecular complexity index is 185. The molecule has 0 nitrogen and oxygen atoms in total. The Morgan fingerprint density at radius 3 is 0.688 bits per heavy atom. The van der Waals surface area contributed by atoms with Crippen LogP contribution in [0.2, 0.25) is 22.2 Å². The van der Waals surface area contributed by atoms with Crippen LogP contribution < -0.4 is 0 Å². The van der Waals surface area contributed by atoms with E-state index in [-0.39, 0.29) is 0 Å². The van der Waals surface area contributed by atoms with Gasteiger partial charge in [0.25, 0.3) is 0 Å². The topological polar surface area (TPSA) is 0 Å². The lowest BCUT2D eigenvalue weighted by Crippen LogP contribution is -2.62. The van der Waals surface area contributed by atoms with Gasteiger partial charge in [-0.1, -0.05) is 55.4 Å². The van der Waals surface area contributed by atoms with E-state index in [0.29, 0.717) is 22.2 Å². The first kappa shape index (κ1) is 17.0. The summed E-state index contributed by atoms with van der Waals surface area (Å²) in [7, 11) is 0. The van der Waals surface area contributed by atoms with Crippen LogP contribution in [0.25, 0.3) is 0 Å². The van der Waals surface area contributed by atoms with Crippen LogP contribution in [-0.4, -0.2) is 13.8 Å². The molecule has 0 atom stereocenters. The molecule has 0 amide bonds. The number of hydrogen-bond donors (Lipinski definition) is 0. The molecule has 0 aliphatic carbocycles. The van der Waals surface area contributed by atoms with Gasteiger partial charge in [-0.05, 0) is 22.2 Å². The number of hydrogen-bond acceptors (Lipinski definition) is 0. The summed E-state index contributed by atoms with van der Waals surface area (Å²) in [6.45, 7) is 14.4. The zero-order chi connectivity index (χ0) is 13.3. The largest absolute Gasteiger partial charge is 0.170 e. The molecular weight excluding hydrogens is 271 g/mol. The van der Waals surface area contributed by atoms with Crippen LogP contribution in [0.3, 0.4) is 0 Å². The minimum Gasteiger partial charge on any atom is -0.168 e. The van der Waals surface area contributed by atoms with Gasteiger partial charge in [-0.25, -0.2) is 0 Å². The maximum Gasteiger partial charge on any atom is 0.170 e. The highest BCUT2D eigenvalue weighted by molar-refractivity contribution is 7.72. The molecular formula is C12H28Cl2Si2. The lowest BCUT2D eigenvalue weighted by molar-refractivity contribution is 0.900. The van der Waals surface area contributed by atoms with Gasteiger partial charge in [0.15, 0.2) is 13.8 Å². The molecule has 0 N–H and O–H groups in total. The van der Waals surface area contributed by atoms with Crippen molar-refractivity contribution >= 4 is 36.0 Å². The van der Waals surface area contributed by atoms with E-state index in [9.17, 15) is 0 Å². The highest BCUT2D eigenvalue weighted by Gasteiger charge is 2.60. The summed E-state index contributed by atoms with van der Waals surface area (Å²) in [5.41, 5.74) is 2.23. The average molecular weight is 299 g/mol. The Balaban J connectivity index is 5.64. The third-order valence-corrected chi connectivity index (χ3v) is 34.0. The summed E-state index contributed by atoms with van der Waals surface area (Å²) in [6, 6.07) is 0. The average Bonchev–Trinajstić information content (AvgIpc) is 2.13. The highest BCUT2D eigenvalue weighted by atomic mass is 35.6. The zero-order valence-corrected chi connectivity index (χ0v) is 15.6. The van der Waals surface area contributed by atoms with Crippen molar-refractivity contribution in [2.45, 2.75) is 77.6 Å². The van der Waals surface area contributed by atoms with Gasteiger partial charge in [0, 0.05) is 0 Å². The Hall–Kier alpha value is 1.01. The standard InChI is InChI=1S/C12H28Cl2Si2/c1-9(2)15(13,10(3)4)16(14,11(5)6)12(7)8/h9-12H,1-8H3. The lowest BCUT2D eigenvalue weighted by Gasteiger charge is -2.49. The van der Waals surface area contributed by atoms with Crippen LogP contribution in [-0.2, 0) is 0 Å². The first-order valence-electron chi connectivity index (χ1n) is 6.40. The van der Waals surface area contributed by atoms with Gasteiger partial charge in [0.05, 0.1) is 0 Å². The van der Waals surface area contributed by atoms with Crippen molar-refractivity contribution in [1.29, 1.82) is 0 Å². The second kappa shape index (κ2) is 5.77. The van der Waals surface area contributed by atoms with Gasteiger partial charge >= 0.3 is 0 Å². The summed E-state index contributed by atoms with van der Waals surface area (Å²) >= 11 is 14.3. The lowest BCUT2D eigenvalue weighted by atomic mass is 10.5. The van der Waals surface area contributed by atoms with E-state index in [2.05, 4.69) is 55.4 Å². The molecule has 0 saturated carbocycles. The summed E-state index contributed by atoms with van der Waals surface area (Å²) in [5, 5.41) is 0. The van der Waals surface area contributed by atoms with Crippen LogP contribution in [0, 0.1) is 0 Å². The molecule has 0 aliphatic heterocycles. The molecule has 0 saturated heterocycles. The second-order valence-electron chi connectivity index (χ2n) is 6.15. The molecule has 0 aliphatic rings. The predicted molar refractivity (Wildman–Crippen MR) is 83.6 cm³/mol. The van der Waals surface area contributed by atoms with Crippen molar-refractivity contribution in [2.75, 3.05) is 0 Å². The zero-order valence-electron chi connectivity index (χ0n) is 12.1. The quantitative estimate of drug-likeness (QED) is 0.426. The fourth-order valence-electron chi connectivity index (χ4n) is 3.10. The van der Waals surface area contributed by atoms with Crippen LogP contribution >= 0.6 is 22.2 Å². The normalized spacial score (nSPS) is 14.6. The van der Waals surface area contributed by atoms with E-state index >= 15 is 0 Å². The molecule has 0 spiro atoms. The fourth-order valence-corrected chi connectivity index (χ4v) is 27.8.